The Kier molecular flexibility index (Phi) is 4.69. The van der Waals surface area contributed by atoms with Gasteiger partial charge in [-0.25, -0.2) is 0 Å². The summed E-state index contributed by atoms with van der Waals surface area (Å²) >= 11 is 0. The van der Waals surface area contributed by atoms with Crippen LogP contribution < -0.4 is 4.90 Å². The predicted molar refractivity (Wildman–Crippen MR) is 92.2 cm³/mol. The van der Waals surface area contributed by atoms with Crippen molar-refractivity contribution < 1.29 is 14.9 Å². The second-order valence-corrected chi connectivity index (χ2v) is 6.41. The lowest BCUT2D eigenvalue weighted by Gasteiger charge is -2.36. The Balaban J connectivity index is 1.86. The van der Waals surface area contributed by atoms with Crippen LogP contribution in [-0.4, -0.2) is 52.3 Å². The monoisotopic (exact) mass is 329 g/mol. The quantitative estimate of drug-likeness (QED) is 0.897. The number of anilines is 1. The van der Waals surface area contributed by atoms with E-state index in [1.54, 1.807) is 6.07 Å². The lowest BCUT2D eigenvalue weighted by atomic mass is 10.0. The van der Waals surface area contributed by atoms with Gasteiger partial charge in [-0.05, 0) is 50.1 Å². The minimum Gasteiger partial charge on any atom is -0.507 e. The van der Waals surface area contributed by atoms with Gasteiger partial charge in [-0.15, -0.1) is 10.2 Å². The molecule has 1 aliphatic rings. The molecular weight excluding hydrogens is 306 g/mol. The zero-order chi connectivity index (χ0) is 17.3. The first-order chi connectivity index (χ1) is 11.5. The summed E-state index contributed by atoms with van der Waals surface area (Å²) in [4.78, 5) is 2.06. The van der Waals surface area contributed by atoms with Crippen LogP contribution in [0.15, 0.2) is 24.3 Å². The smallest absolute Gasteiger partial charge is 0.151 e. The van der Waals surface area contributed by atoms with Crippen LogP contribution in [0.1, 0.15) is 18.1 Å². The molecule has 0 saturated carbocycles. The number of phenolic OH excluding ortho intramolecular Hbond substituents is 1. The number of hydrogen-bond donors (Lipinski definition) is 2. The summed E-state index contributed by atoms with van der Waals surface area (Å²) in [6.45, 7) is 7.16. The molecular formula is C18H23N3O3. The fraction of sp³-hybridized carbons (Fsp3) is 0.444. The summed E-state index contributed by atoms with van der Waals surface area (Å²) in [6, 6.07) is 7.51. The number of benzene rings is 1. The maximum atomic E-state index is 10.2. The first-order valence-electron chi connectivity index (χ1n) is 8.13. The Labute approximate surface area is 141 Å². The molecule has 6 nitrogen and oxygen atoms in total. The second-order valence-electron chi connectivity index (χ2n) is 6.41. The van der Waals surface area contributed by atoms with Crippen LogP contribution >= 0.6 is 0 Å². The topological polar surface area (TPSA) is 78.7 Å². The number of aliphatic hydroxyl groups is 1. The summed E-state index contributed by atoms with van der Waals surface area (Å²) in [5.74, 6) is 0.964. The number of aryl methyl sites for hydroxylation is 2. The van der Waals surface area contributed by atoms with E-state index in [4.69, 9.17) is 4.74 Å². The predicted octanol–water partition coefficient (Wildman–Crippen LogP) is 2.05. The van der Waals surface area contributed by atoms with Gasteiger partial charge in [-0.2, -0.15) is 0 Å². The van der Waals surface area contributed by atoms with Crippen molar-refractivity contribution in [1.82, 2.24) is 10.2 Å². The van der Waals surface area contributed by atoms with E-state index in [2.05, 4.69) is 15.1 Å². The first kappa shape index (κ1) is 16.7. The van der Waals surface area contributed by atoms with Crippen LogP contribution in [0.5, 0.6) is 5.75 Å². The van der Waals surface area contributed by atoms with Gasteiger partial charge < -0.3 is 19.8 Å². The van der Waals surface area contributed by atoms with E-state index < -0.39 is 0 Å². The zero-order valence-corrected chi connectivity index (χ0v) is 14.2. The van der Waals surface area contributed by atoms with Crippen LogP contribution in [0.2, 0.25) is 0 Å². The highest BCUT2D eigenvalue weighted by Gasteiger charge is 2.26. The molecule has 0 aliphatic carbocycles. The third-order valence-corrected chi connectivity index (χ3v) is 4.22. The van der Waals surface area contributed by atoms with E-state index in [9.17, 15) is 10.2 Å². The summed E-state index contributed by atoms with van der Waals surface area (Å²) < 4.78 is 5.65. The van der Waals surface area contributed by atoms with Gasteiger partial charge in [-0.1, -0.05) is 6.07 Å². The molecule has 2 atom stereocenters. The number of nitrogens with zero attached hydrogens (tertiary/aromatic N) is 3. The Hall–Kier alpha value is -2.18. The lowest BCUT2D eigenvalue weighted by molar-refractivity contribution is -0.0423. The van der Waals surface area contributed by atoms with Crippen molar-refractivity contribution in [2.45, 2.75) is 33.0 Å². The van der Waals surface area contributed by atoms with Crippen molar-refractivity contribution in [3.05, 3.63) is 35.4 Å². The SMILES string of the molecule is Cc1cc(C)c(-c2ccc(N3C[C@@H](CO)O[C@@H](C)C3)nn2)c(O)c1. The Morgan fingerprint density at radius 1 is 1.21 bits per heavy atom. The van der Waals surface area contributed by atoms with Crippen molar-refractivity contribution in [3.63, 3.8) is 0 Å². The van der Waals surface area contributed by atoms with Gasteiger partial charge >= 0.3 is 0 Å². The molecule has 1 aliphatic heterocycles. The molecule has 1 aromatic heterocycles. The van der Waals surface area contributed by atoms with Crippen LogP contribution in [-0.2, 0) is 4.74 Å². The highest BCUT2D eigenvalue weighted by atomic mass is 16.5. The van der Waals surface area contributed by atoms with Crippen molar-refractivity contribution in [2.24, 2.45) is 0 Å². The van der Waals surface area contributed by atoms with Crippen LogP contribution in [0.25, 0.3) is 11.3 Å². The molecule has 1 fully saturated rings. The number of aromatic nitrogens is 2. The third-order valence-electron chi connectivity index (χ3n) is 4.22. The zero-order valence-electron chi connectivity index (χ0n) is 14.2. The van der Waals surface area contributed by atoms with Crippen LogP contribution in [0.3, 0.4) is 0 Å². The van der Waals surface area contributed by atoms with Crippen LogP contribution in [0.4, 0.5) is 5.82 Å². The number of aromatic hydroxyl groups is 1. The standard InChI is InChI=1S/C18H23N3O3/c1-11-6-12(2)18(16(23)7-11)15-4-5-17(20-19-15)21-8-13(3)24-14(9-21)10-22/h4-7,13-14,22-23H,8-10H2,1-3H3/t13-,14-/m0/s1. The second kappa shape index (κ2) is 6.75. The van der Waals surface area contributed by atoms with Gasteiger partial charge in [0.1, 0.15) is 5.75 Å². The molecule has 0 radical (unpaired) electrons. The molecule has 3 rings (SSSR count). The lowest BCUT2D eigenvalue weighted by Crippen LogP contribution is -2.48. The van der Waals surface area contributed by atoms with Crippen molar-refractivity contribution in [3.8, 4) is 17.0 Å². The highest BCUT2D eigenvalue weighted by molar-refractivity contribution is 5.71. The normalized spacial score (nSPS) is 21.1. The van der Waals surface area contributed by atoms with Crippen molar-refractivity contribution in [2.75, 3.05) is 24.6 Å². The number of ether oxygens (including phenoxy) is 1. The molecule has 0 unspecified atom stereocenters. The maximum absolute atomic E-state index is 10.2. The average molecular weight is 329 g/mol. The summed E-state index contributed by atoms with van der Waals surface area (Å²) in [5.41, 5.74) is 3.34. The van der Waals surface area contributed by atoms with Crippen LogP contribution in [0, 0.1) is 13.8 Å². The molecule has 1 saturated heterocycles. The minimum atomic E-state index is -0.210. The van der Waals surface area contributed by atoms with Gasteiger partial charge in [0, 0.05) is 18.7 Å². The number of rotatable bonds is 3. The first-order valence-corrected chi connectivity index (χ1v) is 8.13. The Morgan fingerprint density at radius 3 is 2.62 bits per heavy atom. The van der Waals surface area contributed by atoms with Gasteiger partial charge in [0.2, 0.25) is 0 Å². The van der Waals surface area contributed by atoms with Gasteiger partial charge in [0.05, 0.1) is 24.5 Å². The van der Waals surface area contributed by atoms with E-state index in [0.717, 1.165) is 16.9 Å². The highest BCUT2D eigenvalue weighted by Crippen LogP contribution is 2.32. The fourth-order valence-electron chi connectivity index (χ4n) is 3.24. The van der Waals surface area contributed by atoms with Gasteiger partial charge in [0.15, 0.2) is 5.82 Å². The van der Waals surface area contributed by atoms with Gasteiger partial charge in [-0.3, -0.25) is 0 Å². The molecule has 0 bridgehead atoms. The molecule has 0 amide bonds. The maximum Gasteiger partial charge on any atom is 0.151 e. The molecule has 24 heavy (non-hydrogen) atoms. The Bertz CT molecular complexity index is 695. The minimum absolute atomic E-state index is 0.0111. The largest absolute Gasteiger partial charge is 0.507 e. The van der Waals surface area contributed by atoms with E-state index in [-0.39, 0.29) is 24.6 Å². The molecule has 128 valence electrons. The van der Waals surface area contributed by atoms with Crippen molar-refractivity contribution >= 4 is 5.82 Å². The third kappa shape index (κ3) is 3.34. The molecule has 2 N–H and O–H groups in total. The van der Waals surface area contributed by atoms with E-state index in [0.29, 0.717) is 24.3 Å². The molecule has 6 heteroatoms. The average Bonchev–Trinajstić information content (AvgIpc) is 2.54. The fourth-order valence-corrected chi connectivity index (χ4v) is 3.24. The number of aliphatic hydroxyl groups excluding tert-OH is 1. The Morgan fingerprint density at radius 2 is 2.00 bits per heavy atom. The molecule has 0 spiro atoms. The van der Waals surface area contributed by atoms with Crippen molar-refractivity contribution in [1.29, 1.82) is 0 Å². The molecule has 2 heterocycles. The molecule has 2 aromatic rings. The van der Waals surface area contributed by atoms with E-state index in [1.165, 1.54) is 0 Å². The number of morpholine rings is 1. The summed E-state index contributed by atoms with van der Waals surface area (Å²) in [6.07, 6.45) is -0.181. The number of hydrogen-bond acceptors (Lipinski definition) is 6. The summed E-state index contributed by atoms with van der Waals surface area (Å²) in [5, 5.41) is 28.2. The van der Waals surface area contributed by atoms with E-state index in [1.807, 2.05) is 39.0 Å². The number of phenols is 1. The van der Waals surface area contributed by atoms with E-state index >= 15 is 0 Å². The van der Waals surface area contributed by atoms with Gasteiger partial charge in [0.25, 0.3) is 0 Å². The summed E-state index contributed by atoms with van der Waals surface area (Å²) in [7, 11) is 0. The molecule has 1 aromatic carbocycles.